The topological polar surface area (TPSA) is 12.0 Å². The van der Waals surface area contributed by atoms with Crippen molar-refractivity contribution in [2.45, 2.75) is 18.9 Å². The Kier molecular flexibility index (Phi) is 5.26. The van der Waals surface area contributed by atoms with E-state index in [2.05, 4.69) is 21.2 Å². The number of hydrogen-bond donors (Lipinski definition) is 1. The van der Waals surface area contributed by atoms with E-state index in [0.29, 0.717) is 10.9 Å². The van der Waals surface area contributed by atoms with Crippen LogP contribution in [0.3, 0.4) is 0 Å². The monoisotopic (exact) mass is 339 g/mol. The number of benzene rings is 2. The number of aryl methyl sites for hydroxylation is 1. The van der Waals surface area contributed by atoms with Crippen LogP contribution in [0.2, 0.25) is 0 Å². The van der Waals surface area contributed by atoms with Crippen LogP contribution in [-0.2, 0) is 6.42 Å². The average Bonchev–Trinajstić information content (AvgIpc) is 2.42. The minimum absolute atomic E-state index is 0.103. The maximum absolute atomic E-state index is 14.0. The first-order valence-corrected chi connectivity index (χ1v) is 7.26. The molecule has 20 heavy (non-hydrogen) atoms. The van der Waals surface area contributed by atoms with Gasteiger partial charge in [0.1, 0.15) is 11.6 Å². The van der Waals surface area contributed by atoms with Gasteiger partial charge < -0.3 is 5.32 Å². The van der Waals surface area contributed by atoms with Crippen molar-refractivity contribution in [3.8, 4) is 0 Å². The fourth-order valence-electron chi connectivity index (χ4n) is 2.27. The fourth-order valence-corrected chi connectivity index (χ4v) is 2.68. The van der Waals surface area contributed by atoms with Gasteiger partial charge >= 0.3 is 0 Å². The van der Waals surface area contributed by atoms with Gasteiger partial charge in [0.15, 0.2) is 0 Å². The lowest BCUT2D eigenvalue weighted by Gasteiger charge is -2.18. The number of nitrogens with one attached hydrogen (secondary N) is 1. The Morgan fingerprint density at radius 1 is 1.10 bits per heavy atom. The summed E-state index contributed by atoms with van der Waals surface area (Å²) in [6.07, 6.45) is 1.40. The molecule has 0 aliphatic rings. The van der Waals surface area contributed by atoms with Gasteiger partial charge in [-0.15, -0.1) is 0 Å². The van der Waals surface area contributed by atoms with Crippen LogP contribution in [0.5, 0.6) is 0 Å². The van der Waals surface area contributed by atoms with Crippen LogP contribution >= 0.6 is 15.9 Å². The first kappa shape index (κ1) is 15.1. The molecule has 0 fully saturated rings. The highest BCUT2D eigenvalue weighted by Gasteiger charge is 2.19. The van der Waals surface area contributed by atoms with Crippen molar-refractivity contribution in [1.82, 2.24) is 5.32 Å². The van der Waals surface area contributed by atoms with Crippen molar-refractivity contribution in [3.05, 3.63) is 69.7 Å². The predicted octanol–water partition coefficient (Wildman–Crippen LogP) is 4.62. The van der Waals surface area contributed by atoms with Crippen LogP contribution in [-0.4, -0.2) is 7.05 Å². The molecule has 1 atom stereocenters. The largest absolute Gasteiger partial charge is 0.313 e. The molecule has 0 amide bonds. The Morgan fingerprint density at radius 2 is 1.70 bits per heavy atom. The van der Waals surface area contributed by atoms with Crippen LogP contribution < -0.4 is 5.32 Å². The van der Waals surface area contributed by atoms with E-state index in [4.69, 9.17) is 0 Å². The van der Waals surface area contributed by atoms with Crippen LogP contribution in [0.4, 0.5) is 8.78 Å². The Balaban J connectivity index is 2.17. The second-order valence-electron chi connectivity index (χ2n) is 4.65. The molecule has 0 aromatic heterocycles. The van der Waals surface area contributed by atoms with Crippen LogP contribution in [0.15, 0.2) is 46.9 Å². The smallest absolute Gasteiger partial charge is 0.132 e. The molecule has 0 radical (unpaired) electrons. The van der Waals surface area contributed by atoms with Gasteiger partial charge in [-0.3, -0.25) is 0 Å². The minimum atomic E-state index is -0.524. The Bertz CT molecular complexity index is 549. The van der Waals surface area contributed by atoms with Crippen molar-refractivity contribution < 1.29 is 8.78 Å². The SMILES string of the molecule is CNC(CCc1ccccc1)c1c(F)cc(Br)cc1F. The summed E-state index contributed by atoms with van der Waals surface area (Å²) in [4.78, 5) is 0. The van der Waals surface area contributed by atoms with E-state index in [9.17, 15) is 8.78 Å². The molecule has 4 heteroatoms. The lowest BCUT2D eigenvalue weighted by molar-refractivity contribution is 0.471. The van der Waals surface area contributed by atoms with Crippen molar-refractivity contribution in [2.24, 2.45) is 0 Å². The highest BCUT2D eigenvalue weighted by molar-refractivity contribution is 9.10. The van der Waals surface area contributed by atoms with Crippen molar-refractivity contribution in [2.75, 3.05) is 7.05 Å². The summed E-state index contributed by atoms with van der Waals surface area (Å²) in [7, 11) is 1.72. The Labute approximate surface area is 126 Å². The highest BCUT2D eigenvalue weighted by atomic mass is 79.9. The molecular weight excluding hydrogens is 324 g/mol. The number of hydrogen-bond acceptors (Lipinski definition) is 1. The third-order valence-corrected chi connectivity index (χ3v) is 3.76. The zero-order valence-corrected chi connectivity index (χ0v) is 12.8. The van der Waals surface area contributed by atoms with Crippen molar-refractivity contribution >= 4 is 15.9 Å². The molecule has 0 bridgehead atoms. The molecule has 0 spiro atoms. The second-order valence-corrected chi connectivity index (χ2v) is 5.56. The quantitative estimate of drug-likeness (QED) is 0.837. The zero-order chi connectivity index (χ0) is 14.5. The van der Waals surface area contributed by atoms with Crippen molar-refractivity contribution in [3.63, 3.8) is 0 Å². The summed E-state index contributed by atoms with van der Waals surface area (Å²) >= 11 is 3.09. The standard InChI is InChI=1S/C16H16BrF2N/c1-20-15(8-7-11-5-3-2-4-6-11)16-13(18)9-12(17)10-14(16)19/h2-6,9-10,15,20H,7-8H2,1H3. The lowest BCUT2D eigenvalue weighted by atomic mass is 9.98. The maximum atomic E-state index is 14.0. The van der Waals surface area contributed by atoms with Gasteiger partial charge in [-0.1, -0.05) is 46.3 Å². The van der Waals surface area contributed by atoms with Gasteiger partial charge in [-0.2, -0.15) is 0 Å². The molecule has 1 nitrogen and oxygen atoms in total. The third kappa shape index (κ3) is 3.64. The van der Waals surface area contributed by atoms with Crippen LogP contribution in [0.25, 0.3) is 0 Å². The van der Waals surface area contributed by atoms with Gasteiger partial charge in [0.05, 0.1) is 0 Å². The van der Waals surface area contributed by atoms with Gasteiger partial charge in [0, 0.05) is 16.1 Å². The predicted molar refractivity (Wildman–Crippen MR) is 80.6 cm³/mol. The summed E-state index contributed by atoms with van der Waals surface area (Å²) in [6.45, 7) is 0. The van der Waals surface area contributed by atoms with E-state index < -0.39 is 11.6 Å². The number of halogens is 3. The molecule has 2 aromatic carbocycles. The zero-order valence-electron chi connectivity index (χ0n) is 11.2. The van der Waals surface area contributed by atoms with Gasteiger partial charge in [-0.25, -0.2) is 8.78 Å². The fraction of sp³-hybridized carbons (Fsp3) is 0.250. The van der Waals surface area contributed by atoms with E-state index in [1.165, 1.54) is 12.1 Å². The van der Waals surface area contributed by atoms with Crippen LogP contribution in [0.1, 0.15) is 23.6 Å². The molecule has 0 aliphatic carbocycles. The van der Waals surface area contributed by atoms with E-state index in [-0.39, 0.29) is 11.6 Å². The molecule has 0 heterocycles. The molecule has 0 aliphatic heterocycles. The summed E-state index contributed by atoms with van der Waals surface area (Å²) in [5, 5.41) is 2.99. The second kappa shape index (κ2) is 6.95. The van der Waals surface area contributed by atoms with Crippen molar-refractivity contribution in [1.29, 1.82) is 0 Å². The van der Waals surface area contributed by atoms with Gasteiger partial charge in [-0.05, 0) is 37.6 Å². The molecular formula is C16H16BrF2N. The molecule has 1 unspecified atom stereocenters. The van der Waals surface area contributed by atoms with E-state index in [1.807, 2.05) is 30.3 Å². The van der Waals surface area contributed by atoms with Gasteiger partial charge in [0.2, 0.25) is 0 Å². The van der Waals surface area contributed by atoms with E-state index in [0.717, 1.165) is 12.0 Å². The molecule has 2 aromatic rings. The molecule has 2 rings (SSSR count). The summed E-state index contributed by atoms with van der Waals surface area (Å²) in [6, 6.07) is 12.2. The van der Waals surface area contributed by atoms with E-state index >= 15 is 0 Å². The first-order chi connectivity index (χ1) is 9.61. The molecule has 0 saturated heterocycles. The summed E-state index contributed by atoms with van der Waals surface area (Å²) in [5.41, 5.74) is 1.26. The van der Waals surface area contributed by atoms with E-state index in [1.54, 1.807) is 7.05 Å². The molecule has 1 N–H and O–H groups in total. The minimum Gasteiger partial charge on any atom is -0.313 e. The number of rotatable bonds is 5. The summed E-state index contributed by atoms with van der Waals surface area (Å²) in [5.74, 6) is -1.05. The Hall–Kier alpha value is -1.26. The normalized spacial score (nSPS) is 12.4. The first-order valence-electron chi connectivity index (χ1n) is 6.47. The molecule has 0 saturated carbocycles. The van der Waals surface area contributed by atoms with Crippen LogP contribution in [0, 0.1) is 11.6 Å². The highest BCUT2D eigenvalue weighted by Crippen LogP contribution is 2.27. The maximum Gasteiger partial charge on any atom is 0.132 e. The Morgan fingerprint density at radius 3 is 2.25 bits per heavy atom. The summed E-state index contributed by atoms with van der Waals surface area (Å²) < 4.78 is 28.3. The average molecular weight is 340 g/mol. The van der Waals surface area contributed by atoms with Gasteiger partial charge in [0.25, 0.3) is 0 Å². The lowest BCUT2D eigenvalue weighted by Crippen LogP contribution is -2.20. The molecule has 106 valence electrons. The third-order valence-electron chi connectivity index (χ3n) is 3.31.